The lowest BCUT2D eigenvalue weighted by Gasteiger charge is -2.25. The second-order valence-corrected chi connectivity index (χ2v) is 18.8. The zero-order valence-electron chi connectivity index (χ0n) is 35.0. The number of alkyl halides is 6. The third kappa shape index (κ3) is 17.6. The van der Waals surface area contributed by atoms with Crippen molar-refractivity contribution < 1.29 is 83.4 Å². The third-order valence-corrected chi connectivity index (χ3v) is 12.8. The Labute approximate surface area is 401 Å². The van der Waals surface area contributed by atoms with Crippen molar-refractivity contribution in [2.45, 2.75) is 44.4 Å². The highest BCUT2D eigenvalue weighted by molar-refractivity contribution is 8.11. The van der Waals surface area contributed by atoms with Crippen LogP contribution < -0.4 is 14.6 Å². The van der Waals surface area contributed by atoms with Crippen LogP contribution in [0.25, 0.3) is 21.5 Å². The fourth-order valence-electron chi connectivity index (χ4n) is 4.93. The van der Waals surface area contributed by atoms with Gasteiger partial charge in [-0.25, -0.2) is 13.2 Å². The van der Waals surface area contributed by atoms with Crippen LogP contribution in [0.5, 0.6) is 0 Å². The Morgan fingerprint density at radius 1 is 0.754 bits per heavy atom. The van der Waals surface area contributed by atoms with Gasteiger partial charge >= 0.3 is 41.5 Å². The molecule has 1 unspecified atom stereocenters. The largest absolute Gasteiger partial charge is 0.517 e. The average molecular weight is 1110 g/mol. The number of nitrogens with zero attached hydrogens (tertiary/aromatic N) is 2. The lowest BCUT2D eigenvalue weighted by molar-refractivity contribution is -0.131. The summed E-state index contributed by atoms with van der Waals surface area (Å²) in [5.74, 6) is -1.62. The summed E-state index contributed by atoms with van der Waals surface area (Å²) >= 11 is 17.2. The fourth-order valence-corrected chi connectivity index (χ4v) is 8.28. The van der Waals surface area contributed by atoms with Crippen LogP contribution in [-0.4, -0.2) is 74.0 Å². The number of benzene rings is 4. The average Bonchev–Trinajstić information content (AvgIpc) is 3.23. The number of nitrogens with one attached hydrogen (secondary N) is 2. The number of para-hydroxylation sites is 1. The number of carbonyl (C=O) groups is 1. The van der Waals surface area contributed by atoms with Crippen LogP contribution in [0.1, 0.15) is 25.1 Å². The molecule has 0 aliphatic carbocycles. The number of sulfonamides is 2. The van der Waals surface area contributed by atoms with Crippen LogP contribution in [0.3, 0.4) is 0 Å². The lowest BCUT2D eigenvalue weighted by atomic mass is 10.1. The first-order chi connectivity index (χ1) is 31.6. The number of halogens is 12. The lowest BCUT2D eigenvalue weighted by Crippen LogP contribution is -2.49. The predicted molar refractivity (Wildman–Crippen MR) is 238 cm³/mol. The van der Waals surface area contributed by atoms with Gasteiger partial charge in [0.15, 0.2) is 0 Å². The summed E-state index contributed by atoms with van der Waals surface area (Å²) in [6.45, 7) is 6.01. The first kappa shape index (κ1) is 59.9. The molecule has 1 atom stereocenters. The molecule has 4 aromatic carbocycles. The SMILES string of the molecule is CCOC(C)C(=O)NCc1cccc(F)c1Cl.Cc1cc2ccc(F)c(Cl)c2cn1.O=S(=O)(N(c1ccccc1)S(=O)(=O)C(F)(F)F)C(F)(F)F.O=S(=O)(O)O.O=c1cc2ccc(F)c(Cl)c2c[nH]1. The smallest absolute Gasteiger partial charge is 0.369 e. The van der Waals surface area contributed by atoms with Gasteiger partial charge in [-0.1, -0.05) is 77.3 Å². The maximum absolute atomic E-state index is 13.1. The van der Waals surface area contributed by atoms with E-state index in [0.717, 1.165) is 29.3 Å². The summed E-state index contributed by atoms with van der Waals surface area (Å²) in [6, 6.07) is 17.4. The van der Waals surface area contributed by atoms with Crippen LogP contribution >= 0.6 is 34.8 Å². The maximum atomic E-state index is 13.1. The Hall–Kier alpha value is -5.26. The molecule has 1 amide bonds. The van der Waals surface area contributed by atoms with Crippen molar-refractivity contribution in [3.8, 4) is 0 Å². The number of aryl methyl sites for hydroxylation is 1. The Kier molecular flexibility index (Phi) is 21.7. The van der Waals surface area contributed by atoms with E-state index in [9.17, 15) is 65.9 Å². The van der Waals surface area contributed by atoms with Crippen molar-refractivity contribution in [3.05, 3.63) is 151 Å². The minimum atomic E-state index is -6.81. The van der Waals surface area contributed by atoms with Crippen LogP contribution in [0.4, 0.5) is 45.2 Å². The molecule has 0 saturated heterocycles. The molecule has 2 heterocycles. The molecule has 378 valence electrons. The Morgan fingerprint density at radius 2 is 1.23 bits per heavy atom. The van der Waals surface area contributed by atoms with E-state index in [1.54, 1.807) is 31.3 Å². The van der Waals surface area contributed by atoms with Crippen LogP contribution in [0.2, 0.25) is 15.1 Å². The van der Waals surface area contributed by atoms with E-state index in [4.69, 9.17) is 57.1 Å². The summed E-state index contributed by atoms with van der Waals surface area (Å²) < 4.78 is 193. The summed E-state index contributed by atoms with van der Waals surface area (Å²) in [5.41, 5.74) is -12.6. The summed E-state index contributed by atoms with van der Waals surface area (Å²) in [4.78, 5) is 28.9. The molecule has 15 nitrogen and oxygen atoms in total. The van der Waals surface area contributed by atoms with Crippen molar-refractivity contribution in [1.82, 2.24) is 15.3 Å². The van der Waals surface area contributed by atoms with Crippen molar-refractivity contribution in [3.63, 3.8) is 0 Å². The monoisotopic (exact) mass is 1110 g/mol. The highest BCUT2D eigenvalue weighted by Crippen LogP contribution is 2.38. The third-order valence-electron chi connectivity index (χ3n) is 8.00. The molecular weight excluding hydrogens is 1070 g/mol. The van der Waals surface area contributed by atoms with Gasteiger partial charge in [0.05, 0.1) is 20.8 Å². The molecule has 0 saturated carbocycles. The van der Waals surface area contributed by atoms with Crippen molar-refractivity contribution in [1.29, 1.82) is 0 Å². The first-order valence-corrected chi connectivity index (χ1v) is 23.7. The Bertz CT molecular complexity index is 3090. The van der Waals surface area contributed by atoms with Crippen LogP contribution in [0.15, 0.2) is 102 Å². The predicted octanol–water partition coefficient (Wildman–Crippen LogP) is 9.72. The van der Waals surface area contributed by atoms with Crippen LogP contribution in [0, 0.1) is 24.4 Å². The summed E-state index contributed by atoms with van der Waals surface area (Å²) in [6.07, 6.45) is 2.48. The number of pyridine rings is 2. The number of H-pyrrole nitrogens is 1. The quantitative estimate of drug-likeness (QED) is 0.0825. The second-order valence-electron chi connectivity index (χ2n) is 13.0. The van der Waals surface area contributed by atoms with E-state index in [-0.39, 0.29) is 33.1 Å². The van der Waals surface area contributed by atoms with Gasteiger partial charge in [-0.15, -0.1) is 3.71 Å². The molecule has 0 radical (unpaired) electrons. The molecule has 0 aliphatic heterocycles. The van der Waals surface area contributed by atoms with Gasteiger partial charge in [-0.2, -0.15) is 51.6 Å². The van der Waals surface area contributed by atoms with Gasteiger partial charge in [0.1, 0.15) is 23.6 Å². The first-order valence-electron chi connectivity index (χ1n) is 18.3. The van der Waals surface area contributed by atoms with Gasteiger partial charge in [0.25, 0.3) is 0 Å². The normalized spacial score (nSPS) is 12.1. The van der Waals surface area contributed by atoms with Crippen LogP contribution in [-0.2, 0) is 46.5 Å². The topological polar surface area (TPSA) is 230 Å². The van der Waals surface area contributed by atoms with Crippen molar-refractivity contribution >= 4 is 98.4 Å². The Balaban J connectivity index is 0.000000310. The zero-order chi connectivity index (χ0) is 52.9. The second kappa shape index (κ2) is 25.0. The van der Waals surface area contributed by atoms with Gasteiger partial charge < -0.3 is 15.0 Å². The van der Waals surface area contributed by atoms with E-state index in [2.05, 4.69) is 15.3 Å². The maximum Gasteiger partial charge on any atom is 0.517 e. The van der Waals surface area contributed by atoms with Gasteiger partial charge in [0.2, 0.25) is 11.5 Å². The standard InChI is InChI=1S/C12H15ClFNO2.C10H7ClFN.C9H5ClFNO.C8H5F6NO4S2.H2O4S/c1-3-17-8(2)12(16)15-7-9-5-4-6-10(14)11(9)13;1-6-4-7-2-3-9(12)10(11)8(7)5-13-6;10-9-6-4-12-8(13)3-5(6)1-2-7(9)11;9-7(10,11)20(16,17)15(6-4-2-1-3-5-6)21(18,19)8(12,13)14;1-5(2,3)4/h4-6,8H,3,7H2,1-2H3,(H,15,16);2-5H,1H3;1-4H,(H,12,13);1-5H;(H2,1,2,3,4). The summed E-state index contributed by atoms with van der Waals surface area (Å²) in [7, 11) is -18.3. The number of aromatic amines is 1. The molecule has 0 aliphatic rings. The minimum Gasteiger partial charge on any atom is -0.369 e. The van der Waals surface area contributed by atoms with E-state index in [0.29, 0.717) is 40.5 Å². The molecule has 30 heteroatoms. The van der Waals surface area contributed by atoms with Crippen molar-refractivity contribution in [2.75, 3.05) is 10.3 Å². The number of amides is 1. The van der Waals surface area contributed by atoms with E-state index >= 15 is 0 Å². The molecule has 69 heavy (non-hydrogen) atoms. The highest BCUT2D eigenvalue weighted by Gasteiger charge is 2.61. The fraction of sp³-hybridized carbons (Fsp3) is 0.205. The number of anilines is 1. The number of carbonyl (C=O) groups excluding carboxylic acids is 1. The number of fused-ring (bicyclic) bond motifs is 2. The van der Waals surface area contributed by atoms with Gasteiger partial charge in [-0.3, -0.25) is 23.7 Å². The summed E-state index contributed by atoms with van der Waals surface area (Å²) in [5, 5.41) is 5.58. The molecule has 0 bridgehead atoms. The zero-order valence-corrected chi connectivity index (χ0v) is 39.7. The van der Waals surface area contributed by atoms with E-state index < -0.39 is 74.4 Å². The molecule has 0 fully saturated rings. The number of ether oxygens (including phenoxy) is 1. The molecule has 6 rings (SSSR count). The number of aromatic nitrogens is 2. The van der Waals surface area contributed by atoms with Gasteiger partial charge in [0, 0.05) is 48.1 Å². The van der Waals surface area contributed by atoms with E-state index in [1.807, 2.05) is 19.9 Å². The number of hydrogen-bond acceptors (Lipinski definition) is 10. The molecule has 0 spiro atoms. The van der Waals surface area contributed by atoms with Crippen molar-refractivity contribution in [2.24, 2.45) is 0 Å². The minimum absolute atomic E-state index is 0.0359. The molecular formula is C39H34Cl3F9N4O11S3. The number of hydrogen-bond donors (Lipinski definition) is 4. The highest BCUT2D eigenvalue weighted by atomic mass is 35.5. The van der Waals surface area contributed by atoms with Gasteiger partial charge in [-0.05, 0) is 73.5 Å². The Morgan fingerprint density at radius 3 is 1.72 bits per heavy atom. The molecule has 2 aromatic heterocycles. The number of rotatable bonds is 8. The molecule has 4 N–H and O–H groups in total. The van der Waals surface area contributed by atoms with E-state index in [1.165, 1.54) is 36.5 Å². The molecule has 6 aromatic rings.